The first-order chi connectivity index (χ1) is 10.1. The van der Waals surface area contributed by atoms with Crippen LogP contribution in [0.25, 0.3) is 0 Å². The highest BCUT2D eigenvalue weighted by Crippen LogP contribution is 2.42. The summed E-state index contributed by atoms with van der Waals surface area (Å²) in [6, 6.07) is 0. The van der Waals surface area contributed by atoms with E-state index in [1.807, 2.05) is 6.92 Å². The van der Waals surface area contributed by atoms with Crippen molar-refractivity contribution in [3.8, 4) is 0 Å². The van der Waals surface area contributed by atoms with Crippen molar-refractivity contribution in [1.82, 2.24) is 0 Å². The van der Waals surface area contributed by atoms with Gasteiger partial charge in [0.25, 0.3) is 0 Å². The smallest absolute Gasteiger partial charge is 0.302 e. The summed E-state index contributed by atoms with van der Waals surface area (Å²) in [5, 5.41) is 0. The minimum absolute atomic E-state index is 0.199. The van der Waals surface area contributed by atoms with Crippen molar-refractivity contribution in [2.24, 2.45) is 0 Å². The maximum Gasteiger partial charge on any atom is 0.302 e. The maximum absolute atomic E-state index is 11.4. The molecule has 0 amide bonds. The van der Waals surface area contributed by atoms with Crippen LogP contribution in [0.5, 0.6) is 0 Å². The number of carbonyl (C=O) groups is 1. The summed E-state index contributed by atoms with van der Waals surface area (Å²) in [6.45, 7) is 17.6. The summed E-state index contributed by atoms with van der Waals surface area (Å²) in [7, 11) is -1.92. The Morgan fingerprint density at radius 1 is 1.09 bits per heavy atom. The molecule has 22 heavy (non-hydrogen) atoms. The van der Waals surface area contributed by atoms with Crippen LogP contribution in [0.2, 0.25) is 16.6 Å². The van der Waals surface area contributed by atoms with Gasteiger partial charge >= 0.3 is 5.97 Å². The van der Waals surface area contributed by atoms with Gasteiger partial charge in [0.05, 0.1) is 18.8 Å². The summed E-state index contributed by atoms with van der Waals surface area (Å²) in [5.41, 5.74) is 1.59. The number of esters is 1. The quantitative estimate of drug-likeness (QED) is 0.359. The fraction of sp³-hybridized carbons (Fsp3) is 0.941. The highest BCUT2D eigenvalue weighted by molar-refractivity contribution is 6.77. The largest absolute Gasteiger partial charge is 0.460 e. The van der Waals surface area contributed by atoms with E-state index >= 15 is 0 Å². The molecular weight excluding hydrogens is 296 g/mol. The van der Waals surface area contributed by atoms with Gasteiger partial charge in [0.15, 0.2) is 0 Å². The van der Waals surface area contributed by atoms with E-state index in [2.05, 4.69) is 41.5 Å². The molecule has 1 aliphatic heterocycles. The molecule has 130 valence electrons. The van der Waals surface area contributed by atoms with Crippen molar-refractivity contribution in [3.63, 3.8) is 0 Å². The molecule has 0 unspecified atom stereocenters. The van der Waals surface area contributed by atoms with Crippen LogP contribution in [-0.4, -0.2) is 39.2 Å². The van der Waals surface area contributed by atoms with E-state index in [0.29, 0.717) is 23.2 Å². The second-order valence-corrected chi connectivity index (χ2v) is 12.9. The molecule has 1 saturated heterocycles. The van der Waals surface area contributed by atoms with Crippen molar-refractivity contribution in [3.05, 3.63) is 0 Å². The maximum atomic E-state index is 11.4. The number of hydrogen-bond acceptors (Lipinski definition) is 4. The third-order valence-corrected chi connectivity index (χ3v) is 11.0. The predicted molar refractivity (Wildman–Crippen MR) is 91.5 cm³/mol. The molecule has 0 bridgehead atoms. The van der Waals surface area contributed by atoms with Gasteiger partial charge in [0.2, 0.25) is 8.32 Å². The SMILES string of the molecule is CC(=O)O[C@H](CO[Si](C(C)C)(C(C)C)C(C)C)C[C@@H]1O[C@@H]1C. The molecule has 5 heteroatoms. The number of carbonyl (C=O) groups excluding carboxylic acids is 1. The Balaban J connectivity index is 2.75. The predicted octanol–water partition coefficient (Wildman–Crippen LogP) is 4.29. The first kappa shape index (κ1) is 19.7. The second-order valence-electron chi connectivity index (χ2n) is 7.48. The Kier molecular flexibility index (Phi) is 7.08. The zero-order valence-electron chi connectivity index (χ0n) is 15.5. The lowest BCUT2D eigenvalue weighted by atomic mass is 10.2. The van der Waals surface area contributed by atoms with Gasteiger partial charge < -0.3 is 13.9 Å². The Labute approximate surface area is 137 Å². The number of hydrogen-bond donors (Lipinski definition) is 0. The Bertz CT molecular complexity index is 346. The molecular formula is C17H34O4Si. The lowest BCUT2D eigenvalue weighted by molar-refractivity contribution is -0.148. The van der Waals surface area contributed by atoms with E-state index in [0.717, 1.165) is 6.42 Å². The summed E-state index contributed by atoms with van der Waals surface area (Å²) < 4.78 is 17.5. The topological polar surface area (TPSA) is 48.1 Å². The van der Waals surface area contributed by atoms with Crippen molar-refractivity contribution in [2.75, 3.05) is 6.61 Å². The first-order valence-corrected chi connectivity index (χ1v) is 10.7. The molecule has 1 fully saturated rings. The van der Waals surface area contributed by atoms with E-state index in [4.69, 9.17) is 13.9 Å². The number of epoxide rings is 1. The van der Waals surface area contributed by atoms with Crippen molar-refractivity contribution in [1.29, 1.82) is 0 Å². The van der Waals surface area contributed by atoms with Gasteiger partial charge in [-0.05, 0) is 23.5 Å². The summed E-state index contributed by atoms with van der Waals surface area (Å²) in [6.07, 6.45) is 1.02. The highest BCUT2D eigenvalue weighted by atomic mass is 28.4. The minimum Gasteiger partial charge on any atom is -0.460 e. The van der Waals surface area contributed by atoms with Crippen LogP contribution < -0.4 is 0 Å². The van der Waals surface area contributed by atoms with Gasteiger partial charge in [-0.15, -0.1) is 0 Å². The standard InChI is InChI=1S/C17H34O4Si/c1-11(2)22(12(3)4,13(5)6)19-10-16(21-15(8)18)9-17-14(7)20-17/h11-14,16-17H,9-10H2,1-8H3/t14-,16+,17+/m1/s1. The summed E-state index contributed by atoms with van der Waals surface area (Å²) in [5.74, 6) is -0.243. The Morgan fingerprint density at radius 2 is 1.55 bits per heavy atom. The molecule has 3 atom stereocenters. The third kappa shape index (κ3) is 4.80. The van der Waals surface area contributed by atoms with Crippen molar-refractivity contribution >= 4 is 14.3 Å². The van der Waals surface area contributed by atoms with Crippen LogP contribution in [0.15, 0.2) is 0 Å². The second kappa shape index (κ2) is 7.93. The zero-order chi connectivity index (χ0) is 17.1. The molecule has 0 radical (unpaired) electrons. The molecule has 0 N–H and O–H groups in total. The van der Waals surface area contributed by atoms with Gasteiger partial charge in [-0.25, -0.2) is 0 Å². The van der Waals surface area contributed by atoms with Gasteiger partial charge in [0.1, 0.15) is 6.10 Å². The van der Waals surface area contributed by atoms with Crippen LogP contribution in [0.3, 0.4) is 0 Å². The summed E-state index contributed by atoms with van der Waals surface area (Å²) >= 11 is 0. The lowest BCUT2D eigenvalue weighted by Crippen LogP contribution is -2.49. The number of rotatable bonds is 9. The lowest BCUT2D eigenvalue weighted by Gasteiger charge is -2.42. The molecule has 1 heterocycles. The average molecular weight is 331 g/mol. The van der Waals surface area contributed by atoms with Gasteiger partial charge in [-0.1, -0.05) is 41.5 Å². The number of ether oxygens (including phenoxy) is 2. The Hall–Kier alpha value is -0.393. The van der Waals surface area contributed by atoms with Gasteiger partial charge in [-0.3, -0.25) is 4.79 Å². The van der Waals surface area contributed by atoms with Crippen molar-refractivity contribution < 1.29 is 18.7 Å². The molecule has 1 rings (SSSR count). The average Bonchev–Trinajstić information content (AvgIpc) is 3.03. The van der Waals surface area contributed by atoms with Crippen LogP contribution in [0, 0.1) is 0 Å². The van der Waals surface area contributed by atoms with E-state index < -0.39 is 8.32 Å². The van der Waals surface area contributed by atoms with Crippen LogP contribution >= 0.6 is 0 Å². The van der Waals surface area contributed by atoms with Crippen LogP contribution in [-0.2, 0) is 18.7 Å². The molecule has 0 aromatic rings. The normalized spacial score (nSPS) is 23.2. The first-order valence-electron chi connectivity index (χ1n) is 8.57. The van der Waals surface area contributed by atoms with E-state index in [1.165, 1.54) is 6.92 Å². The molecule has 0 saturated carbocycles. The summed E-state index contributed by atoms with van der Waals surface area (Å²) in [4.78, 5) is 11.4. The van der Waals surface area contributed by atoms with Crippen molar-refractivity contribution in [2.45, 2.75) is 96.7 Å². The molecule has 0 spiro atoms. The van der Waals surface area contributed by atoms with Crippen LogP contribution in [0.4, 0.5) is 0 Å². The molecule has 1 aliphatic rings. The molecule has 0 aliphatic carbocycles. The van der Waals surface area contributed by atoms with Gasteiger partial charge in [-0.2, -0.15) is 0 Å². The zero-order valence-corrected chi connectivity index (χ0v) is 16.5. The fourth-order valence-corrected chi connectivity index (χ4v) is 9.33. The highest BCUT2D eigenvalue weighted by Gasteiger charge is 2.46. The monoisotopic (exact) mass is 330 g/mol. The fourth-order valence-electron chi connectivity index (χ4n) is 3.86. The van der Waals surface area contributed by atoms with E-state index in [-0.39, 0.29) is 24.3 Å². The van der Waals surface area contributed by atoms with E-state index in [1.54, 1.807) is 0 Å². The van der Waals surface area contributed by atoms with E-state index in [9.17, 15) is 4.79 Å². The minimum atomic E-state index is -1.92. The Morgan fingerprint density at radius 3 is 1.86 bits per heavy atom. The molecule has 4 nitrogen and oxygen atoms in total. The molecule has 0 aromatic carbocycles. The molecule has 0 aromatic heterocycles. The van der Waals surface area contributed by atoms with Crippen LogP contribution in [0.1, 0.15) is 61.8 Å². The third-order valence-electron chi connectivity index (χ3n) is 4.89. The van der Waals surface area contributed by atoms with Gasteiger partial charge in [0, 0.05) is 13.3 Å².